The Hall–Kier alpha value is 0.100. The third-order valence-corrected chi connectivity index (χ3v) is 5.05. The van der Waals surface area contributed by atoms with Gasteiger partial charge in [0.05, 0.1) is 22.6 Å². The van der Waals surface area contributed by atoms with Crippen LogP contribution < -0.4 is 0 Å². The van der Waals surface area contributed by atoms with E-state index in [4.69, 9.17) is 4.74 Å². The lowest BCUT2D eigenvalue weighted by Crippen LogP contribution is -2.11. The zero-order valence-electron chi connectivity index (χ0n) is 8.87. The van der Waals surface area contributed by atoms with Gasteiger partial charge < -0.3 is 9.84 Å². The monoisotopic (exact) mass is 290 g/mol. The van der Waals surface area contributed by atoms with Crippen molar-refractivity contribution in [1.29, 1.82) is 0 Å². The van der Waals surface area contributed by atoms with E-state index in [-0.39, 0.29) is 18.1 Å². The number of aliphatic hydroxyl groups excluding tert-OH is 1. The second-order valence-corrected chi connectivity index (χ2v) is 6.59. The van der Waals surface area contributed by atoms with E-state index in [1.165, 1.54) is 5.56 Å². The Morgan fingerprint density at radius 2 is 2.40 bits per heavy atom. The number of aliphatic hydroxyl groups is 1. The molecule has 0 radical (unpaired) electrons. The largest absolute Gasteiger partial charge is 0.387 e. The average molecular weight is 291 g/mol. The molecule has 0 spiro atoms. The van der Waals surface area contributed by atoms with Crippen LogP contribution in [-0.2, 0) is 4.74 Å². The number of halogens is 1. The van der Waals surface area contributed by atoms with Crippen molar-refractivity contribution in [3.63, 3.8) is 0 Å². The third-order valence-electron chi connectivity index (χ3n) is 2.84. The Bertz CT molecular complexity index is 331. The van der Waals surface area contributed by atoms with Crippen molar-refractivity contribution >= 4 is 27.3 Å². The smallest absolute Gasteiger partial charge is 0.0933 e. The van der Waals surface area contributed by atoms with Crippen molar-refractivity contribution in [2.75, 3.05) is 6.61 Å². The molecule has 0 aliphatic carbocycles. The Balaban J connectivity index is 2.10. The molecule has 15 heavy (non-hydrogen) atoms. The molecule has 1 aromatic rings. The van der Waals surface area contributed by atoms with Crippen molar-refractivity contribution in [2.24, 2.45) is 5.92 Å². The molecule has 0 aromatic carbocycles. The van der Waals surface area contributed by atoms with Gasteiger partial charge in [-0.25, -0.2) is 0 Å². The summed E-state index contributed by atoms with van der Waals surface area (Å²) in [5.41, 5.74) is 1.20. The molecular formula is C11H15BrO2S. The van der Waals surface area contributed by atoms with Crippen molar-refractivity contribution in [2.45, 2.75) is 32.5 Å². The molecule has 2 heterocycles. The maximum absolute atomic E-state index is 10.2. The molecule has 1 aromatic heterocycles. The van der Waals surface area contributed by atoms with E-state index in [0.717, 1.165) is 15.1 Å². The van der Waals surface area contributed by atoms with Crippen LogP contribution in [0.1, 0.15) is 29.9 Å². The van der Waals surface area contributed by atoms with Gasteiger partial charge in [-0.1, -0.05) is 0 Å². The molecule has 3 atom stereocenters. The fourth-order valence-electron chi connectivity index (χ4n) is 1.93. The Morgan fingerprint density at radius 1 is 1.67 bits per heavy atom. The van der Waals surface area contributed by atoms with Crippen LogP contribution in [0.5, 0.6) is 0 Å². The van der Waals surface area contributed by atoms with Gasteiger partial charge in [0, 0.05) is 10.8 Å². The highest BCUT2D eigenvalue weighted by atomic mass is 79.9. The highest BCUT2D eigenvalue weighted by Crippen LogP contribution is 2.37. The van der Waals surface area contributed by atoms with Gasteiger partial charge in [0.1, 0.15) is 0 Å². The van der Waals surface area contributed by atoms with E-state index >= 15 is 0 Å². The average Bonchev–Trinajstić information content (AvgIpc) is 2.74. The van der Waals surface area contributed by atoms with Crippen LogP contribution >= 0.6 is 27.3 Å². The summed E-state index contributed by atoms with van der Waals surface area (Å²) < 4.78 is 6.59. The molecule has 1 aliphatic rings. The van der Waals surface area contributed by atoms with E-state index < -0.39 is 0 Å². The number of ether oxygens (including phenoxy) is 1. The van der Waals surface area contributed by atoms with Gasteiger partial charge in [0.25, 0.3) is 0 Å². The molecule has 84 valence electrons. The zero-order chi connectivity index (χ0) is 11.0. The number of hydrogen-bond acceptors (Lipinski definition) is 3. The van der Waals surface area contributed by atoms with Gasteiger partial charge in [0.15, 0.2) is 0 Å². The Morgan fingerprint density at radius 3 is 2.87 bits per heavy atom. The summed E-state index contributed by atoms with van der Waals surface area (Å²) >= 11 is 5.10. The fourth-order valence-corrected chi connectivity index (χ4v) is 3.58. The van der Waals surface area contributed by atoms with Crippen molar-refractivity contribution in [1.82, 2.24) is 0 Å². The van der Waals surface area contributed by atoms with Crippen LogP contribution in [0.3, 0.4) is 0 Å². The Kier molecular flexibility index (Phi) is 3.50. The molecule has 2 rings (SSSR count). The van der Waals surface area contributed by atoms with Gasteiger partial charge >= 0.3 is 0 Å². The number of thiophene rings is 1. The highest BCUT2D eigenvalue weighted by molar-refractivity contribution is 9.11. The standard InChI is InChI=1S/C11H15BrO2S/c1-6-3-9(15-11(6)12)10(13)8-4-7(2)14-5-8/h3,7-8,10,13H,4-5H2,1-2H3. The number of hydrogen-bond donors (Lipinski definition) is 1. The predicted octanol–water partition coefficient (Wildman–Crippen LogP) is 3.28. The normalized spacial score (nSPS) is 28.3. The molecule has 3 unspecified atom stereocenters. The van der Waals surface area contributed by atoms with E-state index in [2.05, 4.69) is 28.9 Å². The van der Waals surface area contributed by atoms with Crippen LogP contribution in [0.25, 0.3) is 0 Å². The maximum atomic E-state index is 10.2. The van der Waals surface area contributed by atoms with Crippen molar-refractivity contribution in [3.05, 3.63) is 20.3 Å². The second kappa shape index (κ2) is 4.53. The van der Waals surface area contributed by atoms with Crippen molar-refractivity contribution < 1.29 is 9.84 Å². The molecule has 0 saturated carbocycles. The third kappa shape index (κ3) is 2.44. The minimum absolute atomic E-state index is 0.255. The molecule has 1 fully saturated rings. The quantitative estimate of drug-likeness (QED) is 0.906. The van der Waals surface area contributed by atoms with E-state index in [9.17, 15) is 5.11 Å². The van der Waals surface area contributed by atoms with E-state index in [1.54, 1.807) is 11.3 Å². The van der Waals surface area contributed by atoms with E-state index in [1.807, 2.05) is 6.92 Å². The lowest BCUT2D eigenvalue weighted by Gasteiger charge is -2.14. The van der Waals surface area contributed by atoms with Crippen LogP contribution in [0.2, 0.25) is 0 Å². The van der Waals surface area contributed by atoms with Gasteiger partial charge in [-0.15, -0.1) is 11.3 Å². The second-order valence-electron chi connectivity index (χ2n) is 4.19. The van der Waals surface area contributed by atoms with Gasteiger partial charge in [0.2, 0.25) is 0 Å². The first-order valence-electron chi connectivity index (χ1n) is 5.13. The summed E-state index contributed by atoms with van der Waals surface area (Å²) in [6.45, 7) is 4.78. The van der Waals surface area contributed by atoms with Crippen LogP contribution in [0.4, 0.5) is 0 Å². The Labute approximate surface area is 102 Å². The SMILES string of the molecule is Cc1cc(C(O)C2COC(C)C2)sc1Br. The first kappa shape index (κ1) is 11.6. The zero-order valence-corrected chi connectivity index (χ0v) is 11.3. The summed E-state index contributed by atoms with van der Waals surface area (Å²) in [4.78, 5) is 1.04. The molecule has 2 nitrogen and oxygen atoms in total. The summed E-state index contributed by atoms with van der Waals surface area (Å²) in [6.07, 6.45) is 0.870. The molecule has 4 heteroatoms. The van der Waals surface area contributed by atoms with Gasteiger partial charge in [-0.05, 0) is 47.8 Å². The number of rotatable bonds is 2. The lowest BCUT2D eigenvalue weighted by atomic mass is 9.98. The minimum Gasteiger partial charge on any atom is -0.387 e. The number of aryl methyl sites for hydroxylation is 1. The summed E-state index contributed by atoms with van der Waals surface area (Å²) in [5.74, 6) is 0.255. The fraction of sp³-hybridized carbons (Fsp3) is 0.636. The van der Waals surface area contributed by atoms with Crippen LogP contribution in [0, 0.1) is 12.8 Å². The molecule has 1 aliphatic heterocycles. The molecule has 0 amide bonds. The van der Waals surface area contributed by atoms with Crippen LogP contribution in [0.15, 0.2) is 9.85 Å². The molecule has 1 saturated heterocycles. The maximum Gasteiger partial charge on any atom is 0.0933 e. The summed E-state index contributed by atoms with van der Waals surface area (Å²) in [7, 11) is 0. The minimum atomic E-state index is -0.370. The summed E-state index contributed by atoms with van der Waals surface area (Å²) in [5, 5.41) is 10.2. The molecule has 1 N–H and O–H groups in total. The van der Waals surface area contributed by atoms with Crippen molar-refractivity contribution in [3.8, 4) is 0 Å². The van der Waals surface area contributed by atoms with E-state index in [0.29, 0.717) is 6.61 Å². The first-order chi connectivity index (χ1) is 7.08. The van der Waals surface area contributed by atoms with Gasteiger partial charge in [-0.2, -0.15) is 0 Å². The predicted molar refractivity (Wildman–Crippen MR) is 65.2 cm³/mol. The van der Waals surface area contributed by atoms with Gasteiger partial charge in [-0.3, -0.25) is 0 Å². The first-order valence-corrected chi connectivity index (χ1v) is 6.74. The molecular weight excluding hydrogens is 276 g/mol. The lowest BCUT2D eigenvalue weighted by molar-refractivity contribution is 0.0822. The topological polar surface area (TPSA) is 29.5 Å². The van der Waals surface area contributed by atoms with Crippen LogP contribution in [-0.4, -0.2) is 17.8 Å². The molecule has 0 bridgehead atoms. The highest BCUT2D eigenvalue weighted by Gasteiger charge is 2.30. The summed E-state index contributed by atoms with van der Waals surface area (Å²) in [6, 6.07) is 2.06.